The molecule has 0 spiro atoms. The molecule has 1 N–H and O–H groups in total. The first-order valence-electron chi connectivity index (χ1n) is 5.31. The predicted molar refractivity (Wildman–Crippen MR) is 59.9 cm³/mol. The van der Waals surface area contributed by atoms with Crippen molar-refractivity contribution in [3.05, 3.63) is 23.0 Å². The van der Waals surface area contributed by atoms with Gasteiger partial charge in [0.15, 0.2) is 10.8 Å². The normalized spacial score (nSPS) is 17.1. The van der Waals surface area contributed by atoms with E-state index in [1.165, 1.54) is 6.42 Å². The van der Waals surface area contributed by atoms with Crippen LogP contribution in [0.25, 0.3) is 0 Å². The number of carbonyl (C=O) groups excluding carboxylic acids is 1. The zero-order chi connectivity index (χ0) is 11.4. The van der Waals surface area contributed by atoms with Crippen LogP contribution in [0.15, 0.2) is 12.1 Å². The fourth-order valence-corrected chi connectivity index (χ4v) is 1.74. The summed E-state index contributed by atoms with van der Waals surface area (Å²) in [4.78, 5) is 11.7. The molecule has 16 heavy (non-hydrogen) atoms. The first-order valence-corrected chi connectivity index (χ1v) is 5.69. The second-order valence-electron chi connectivity index (χ2n) is 3.73. The van der Waals surface area contributed by atoms with E-state index in [1.807, 2.05) is 5.01 Å². The van der Waals surface area contributed by atoms with Crippen molar-refractivity contribution in [2.24, 2.45) is 0 Å². The number of hydrogen-bond acceptors (Lipinski definition) is 4. The molecular formula is C10H13ClN4O. The highest BCUT2D eigenvalue weighted by atomic mass is 35.5. The molecular weight excluding hydrogens is 228 g/mol. The molecule has 0 bridgehead atoms. The molecule has 1 aliphatic rings. The molecule has 6 heteroatoms. The van der Waals surface area contributed by atoms with Gasteiger partial charge >= 0.3 is 0 Å². The third-order valence-electron chi connectivity index (χ3n) is 2.48. The van der Waals surface area contributed by atoms with Crippen LogP contribution in [0.5, 0.6) is 0 Å². The van der Waals surface area contributed by atoms with Crippen molar-refractivity contribution in [2.45, 2.75) is 19.3 Å². The monoisotopic (exact) mass is 240 g/mol. The lowest BCUT2D eigenvalue weighted by Crippen LogP contribution is -2.45. The minimum absolute atomic E-state index is 0.230. The zero-order valence-corrected chi connectivity index (χ0v) is 9.57. The summed E-state index contributed by atoms with van der Waals surface area (Å²) < 4.78 is 0. The van der Waals surface area contributed by atoms with Crippen LogP contribution in [0.3, 0.4) is 0 Å². The molecule has 0 saturated carbocycles. The summed E-state index contributed by atoms with van der Waals surface area (Å²) in [5, 5.41) is 9.56. The molecule has 0 radical (unpaired) electrons. The van der Waals surface area contributed by atoms with Gasteiger partial charge in [-0.15, -0.1) is 10.2 Å². The Balaban J connectivity index is 1.94. The number of carbonyl (C=O) groups is 1. The van der Waals surface area contributed by atoms with E-state index in [-0.39, 0.29) is 16.8 Å². The van der Waals surface area contributed by atoms with Gasteiger partial charge in [-0.2, -0.15) is 0 Å². The highest BCUT2D eigenvalue weighted by molar-refractivity contribution is 6.29. The molecule has 86 valence electrons. The Bertz CT molecular complexity index is 362. The fourth-order valence-electron chi connectivity index (χ4n) is 1.64. The maximum Gasteiger partial charge on any atom is 0.286 e. The van der Waals surface area contributed by atoms with E-state index in [0.717, 1.165) is 25.9 Å². The van der Waals surface area contributed by atoms with Gasteiger partial charge in [-0.3, -0.25) is 10.2 Å². The zero-order valence-electron chi connectivity index (χ0n) is 8.82. The number of hydrazine groups is 1. The largest absolute Gasteiger partial charge is 0.286 e. The van der Waals surface area contributed by atoms with E-state index in [2.05, 4.69) is 15.6 Å². The Hall–Kier alpha value is -1.20. The van der Waals surface area contributed by atoms with E-state index >= 15 is 0 Å². The molecule has 2 heterocycles. The van der Waals surface area contributed by atoms with Gasteiger partial charge in [0.2, 0.25) is 0 Å². The summed E-state index contributed by atoms with van der Waals surface area (Å²) in [7, 11) is 0. The van der Waals surface area contributed by atoms with E-state index < -0.39 is 0 Å². The third kappa shape index (κ3) is 2.90. The topological polar surface area (TPSA) is 58.1 Å². The molecule has 5 nitrogen and oxygen atoms in total. The number of hydrogen-bond donors (Lipinski definition) is 1. The van der Waals surface area contributed by atoms with Gasteiger partial charge < -0.3 is 0 Å². The Morgan fingerprint density at radius 3 is 2.62 bits per heavy atom. The van der Waals surface area contributed by atoms with Gasteiger partial charge in [-0.05, 0) is 25.0 Å². The van der Waals surface area contributed by atoms with Gasteiger partial charge in [0, 0.05) is 13.1 Å². The molecule has 0 atom stereocenters. The summed E-state index contributed by atoms with van der Waals surface area (Å²) in [6, 6.07) is 3.12. The van der Waals surface area contributed by atoms with Gasteiger partial charge in [0.25, 0.3) is 5.91 Å². The van der Waals surface area contributed by atoms with Crippen LogP contribution in [-0.4, -0.2) is 34.2 Å². The Morgan fingerprint density at radius 1 is 1.25 bits per heavy atom. The average Bonchev–Trinajstić information content (AvgIpc) is 2.31. The summed E-state index contributed by atoms with van der Waals surface area (Å²) in [6.45, 7) is 1.79. The van der Waals surface area contributed by atoms with Gasteiger partial charge in [-0.1, -0.05) is 18.0 Å². The van der Waals surface area contributed by atoms with Gasteiger partial charge in [-0.25, -0.2) is 5.01 Å². The van der Waals surface area contributed by atoms with E-state index in [4.69, 9.17) is 11.6 Å². The predicted octanol–water partition coefficient (Wildman–Crippen LogP) is 1.26. The number of piperidine rings is 1. The number of rotatable bonds is 2. The second-order valence-corrected chi connectivity index (χ2v) is 4.12. The molecule has 0 aliphatic carbocycles. The van der Waals surface area contributed by atoms with Crippen LogP contribution in [0.2, 0.25) is 5.15 Å². The van der Waals surface area contributed by atoms with Crippen molar-refractivity contribution < 1.29 is 4.79 Å². The first kappa shape index (κ1) is 11.3. The van der Waals surface area contributed by atoms with Crippen molar-refractivity contribution >= 4 is 17.5 Å². The Kier molecular flexibility index (Phi) is 3.69. The van der Waals surface area contributed by atoms with Crippen molar-refractivity contribution in [3.8, 4) is 0 Å². The quantitative estimate of drug-likeness (QED) is 0.846. The number of nitrogens with zero attached hydrogens (tertiary/aromatic N) is 3. The van der Waals surface area contributed by atoms with Crippen molar-refractivity contribution in [3.63, 3.8) is 0 Å². The highest BCUT2D eigenvalue weighted by Gasteiger charge is 2.14. The van der Waals surface area contributed by atoms with Gasteiger partial charge in [0.1, 0.15) is 0 Å². The van der Waals surface area contributed by atoms with Gasteiger partial charge in [0.05, 0.1) is 0 Å². The van der Waals surface area contributed by atoms with Crippen molar-refractivity contribution in [1.29, 1.82) is 0 Å². The van der Waals surface area contributed by atoms with Crippen LogP contribution >= 0.6 is 11.6 Å². The lowest BCUT2D eigenvalue weighted by Gasteiger charge is -2.26. The lowest BCUT2D eigenvalue weighted by molar-refractivity contribution is 0.0743. The summed E-state index contributed by atoms with van der Waals surface area (Å²) in [5.41, 5.74) is 3.09. The molecule has 0 unspecified atom stereocenters. The number of nitrogens with one attached hydrogen (secondary N) is 1. The van der Waals surface area contributed by atoms with Crippen LogP contribution in [-0.2, 0) is 0 Å². The van der Waals surface area contributed by atoms with E-state index in [1.54, 1.807) is 12.1 Å². The molecule has 1 aliphatic heterocycles. The second kappa shape index (κ2) is 5.23. The standard InChI is InChI=1S/C10H13ClN4O/c11-9-5-4-8(12-13-9)10(16)14-15-6-2-1-3-7-15/h4-5H,1-3,6-7H2,(H,14,16). The fraction of sp³-hybridized carbons (Fsp3) is 0.500. The molecule has 1 amide bonds. The minimum atomic E-state index is -0.230. The number of amides is 1. The Morgan fingerprint density at radius 2 is 2.00 bits per heavy atom. The SMILES string of the molecule is O=C(NN1CCCCC1)c1ccc(Cl)nn1. The maximum absolute atomic E-state index is 11.7. The summed E-state index contributed by atoms with van der Waals surface area (Å²) in [6.07, 6.45) is 3.46. The smallest absolute Gasteiger partial charge is 0.283 e. The number of aromatic nitrogens is 2. The third-order valence-corrected chi connectivity index (χ3v) is 2.68. The molecule has 2 rings (SSSR count). The molecule has 1 fully saturated rings. The van der Waals surface area contributed by atoms with Crippen LogP contribution in [0, 0.1) is 0 Å². The summed E-state index contributed by atoms with van der Waals surface area (Å²) >= 11 is 5.59. The van der Waals surface area contributed by atoms with E-state index in [9.17, 15) is 4.79 Å². The molecule has 1 saturated heterocycles. The molecule has 0 aromatic carbocycles. The maximum atomic E-state index is 11.7. The lowest BCUT2D eigenvalue weighted by atomic mass is 10.2. The highest BCUT2D eigenvalue weighted by Crippen LogP contribution is 2.07. The van der Waals surface area contributed by atoms with Crippen LogP contribution < -0.4 is 5.43 Å². The Labute approximate surface area is 98.8 Å². The van der Waals surface area contributed by atoms with E-state index in [0.29, 0.717) is 0 Å². The van der Waals surface area contributed by atoms with Crippen LogP contribution in [0.4, 0.5) is 0 Å². The van der Waals surface area contributed by atoms with Crippen LogP contribution in [0.1, 0.15) is 29.8 Å². The van der Waals surface area contributed by atoms with Crippen molar-refractivity contribution in [2.75, 3.05) is 13.1 Å². The summed E-state index contributed by atoms with van der Waals surface area (Å²) in [5.74, 6) is -0.230. The molecule has 1 aromatic rings. The average molecular weight is 241 g/mol. The number of halogens is 1. The first-order chi connectivity index (χ1) is 7.75. The molecule has 1 aromatic heterocycles. The van der Waals surface area contributed by atoms with Crippen molar-refractivity contribution in [1.82, 2.24) is 20.6 Å². The minimum Gasteiger partial charge on any atom is -0.283 e.